The van der Waals surface area contributed by atoms with Crippen molar-refractivity contribution in [3.63, 3.8) is 0 Å². The van der Waals surface area contributed by atoms with Gasteiger partial charge >= 0.3 is 0 Å². The summed E-state index contributed by atoms with van der Waals surface area (Å²) >= 11 is 0. The molecule has 5 heteroatoms. The number of hydrogen-bond donors (Lipinski definition) is 2. The second kappa shape index (κ2) is 6.91. The third-order valence-corrected chi connectivity index (χ3v) is 3.57. The molecule has 0 spiro atoms. The molecule has 0 radical (unpaired) electrons. The fraction of sp³-hybridized carbons (Fsp3) is 0.105. The van der Waals surface area contributed by atoms with Gasteiger partial charge in [0.05, 0.1) is 12.4 Å². The van der Waals surface area contributed by atoms with Crippen molar-refractivity contribution in [2.24, 2.45) is 0 Å². The van der Waals surface area contributed by atoms with Gasteiger partial charge in [-0.25, -0.2) is 9.97 Å². The first-order valence-electron chi connectivity index (χ1n) is 7.64. The average Bonchev–Trinajstić information content (AvgIpc) is 2.60. The number of hydrogen-bond acceptors (Lipinski definition) is 4. The Morgan fingerprint density at radius 2 is 1.75 bits per heavy atom. The lowest BCUT2D eigenvalue weighted by Crippen LogP contribution is -2.14. The van der Waals surface area contributed by atoms with Crippen LogP contribution in [-0.4, -0.2) is 15.9 Å². The molecule has 120 valence electrons. The number of benzene rings is 2. The minimum absolute atomic E-state index is 0.269. The van der Waals surface area contributed by atoms with Crippen LogP contribution in [0.2, 0.25) is 0 Å². The Labute approximate surface area is 140 Å². The van der Waals surface area contributed by atoms with Gasteiger partial charge in [-0.1, -0.05) is 30.3 Å². The van der Waals surface area contributed by atoms with Crippen molar-refractivity contribution in [2.45, 2.75) is 13.8 Å². The predicted molar refractivity (Wildman–Crippen MR) is 95.6 cm³/mol. The molecule has 0 bridgehead atoms. The van der Waals surface area contributed by atoms with E-state index < -0.39 is 0 Å². The molecule has 0 fully saturated rings. The normalized spacial score (nSPS) is 10.2. The topological polar surface area (TPSA) is 66.9 Å². The van der Waals surface area contributed by atoms with Crippen LogP contribution in [0.5, 0.6) is 0 Å². The third-order valence-electron chi connectivity index (χ3n) is 3.57. The van der Waals surface area contributed by atoms with Crippen molar-refractivity contribution in [3.8, 4) is 0 Å². The van der Waals surface area contributed by atoms with Gasteiger partial charge in [-0.05, 0) is 43.2 Å². The average molecular weight is 318 g/mol. The molecule has 0 aliphatic rings. The Morgan fingerprint density at radius 3 is 2.46 bits per heavy atom. The first-order chi connectivity index (χ1) is 11.6. The predicted octanol–water partition coefficient (Wildman–Crippen LogP) is 4.09. The molecule has 5 nitrogen and oxygen atoms in total. The number of nitrogens with zero attached hydrogens (tertiary/aromatic N) is 2. The van der Waals surface area contributed by atoms with Gasteiger partial charge in [-0.2, -0.15) is 0 Å². The molecule has 0 saturated carbocycles. The second-order valence-corrected chi connectivity index (χ2v) is 5.55. The molecular weight excluding hydrogens is 300 g/mol. The maximum absolute atomic E-state index is 12.1. The van der Waals surface area contributed by atoms with Crippen molar-refractivity contribution >= 4 is 23.1 Å². The highest BCUT2D eigenvalue weighted by atomic mass is 16.1. The van der Waals surface area contributed by atoms with Crippen molar-refractivity contribution < 1.29 is 4.79 Å². The molecule has 0 unspecified atom stereocenters. The smallest absolute Gasteiger partial charge is 0.275 e. The molecule has 0 aliphatic heterocycles. The van der Waals surface area contributed by atoms with E-state index >= 15 is 0 Å². The van der Waals surface area contributed by atoms with Crippen LogP contribution in [0.3, 0.4) is 0 Å². The monoisotopic (exact) mass is 318 g/mol. The van der Waals surface area contributed by atoms with Crippen molar-refractivity contribution in [3.05, 3.63) is 77.7 Å². The number of nitrogens with one attached hydrogen (secondary N) is 2. The van der Waals surface area contributed by atoms with E-state index in [0.717, 1.165) is 22.5 Å². The highest BCUT2D eigenvalue weighted by Gasteiger charge is 2.09. The summed E-state index contributed by atoms with van der Waals surface area (Å²) in [5, 5.41) is 6.01. The fourth-order valence-electron chi connectivity index (χ4n) is 2.23. The summed E-state index contributed by atoms with van der Waals surface area (Å²) in [5.41, 5.74) is 4.25. The number of aromatic nitrogens is 2. The van der Waals surface area contributed by atoms with E-state index in [-0.39, 0.29) is 11.6 Å². The standard InChI is InChI=1S/C19H18N4O/c1-13-8-9-14(2)16(10-13)23-18-12-20-17(11-21-18)19(24)22-15-6-4-3-5-7-15/h3-12H,1-2H3,(H,21,23)(H,22,24). The maximum Gasteiger partial charge on any atom is 0.275 e. The van der Waals surface area contributed by atoms with Gasteiger partial charge in [0.15, 0.2) is 0 Å². The van der Waals surface area contributed by atoms with Crippen LogP contribution in [-0.2, 0) is 0 Å². The van der Waals surface area contributed by atoms with Crippen LogP contribution in [0.15, 0.2) is 60.9 Å². The van der Waals surface area contributed by atoms with E-state index in [4.69, 9.17) is 0 Å². The second-order valence-electron chi connectivity index (χ2n) is 5.55. The van der Waals surface area contributed by atoms with Crippen LogP contribution >= 0.6 is 0 Å². The minimum Gasteiger partial charge on any atom is -0.339 e. The summed E-state index contributed by atoms with van der Waals surface area (Å²) in [7, 11) is 0. The van der Waals surface area contributed by atoms with Crippen LogP contribution in [0.1, 0.15) is 21.6 Å². The lowest BCUT2D eigenvalue weighted by atomic mass is 10.1. The summed E-state index contributed by atoms with van der Waals surface area (Å²) < 4.78 is 0. The zero-order valence-electron chi connectivity index (χ0n) is 13.6. The van der Waals surface area contributed by atoms with Crippen molar-refractivity contribution in [1.82, 2.24) is 9.97 Å². The van der Waals surface area contributed by atoms with Gasteiger partial charge in [0.1, 0.15) is 11.5 Å². The van der Waals surface area contributed by atoms with Gasteiger partial charge in [-0.15, -0.1) is 0 Å². The third kappa shape index (κ3) is 3.76. The van der Waals surface area contributed by atoms with Gasteiger partial charge in [0.25, 0.3) is 5.91 Å². The van der Waals surface area contributed by atoms with Gasteiger partial charge in [0, 0.05) is 11.4 Å². The van der Waals surface area contributed by atoms with Gasteiger partial charge < -0.3 is 10.6 Å². The first kappa shape index (κ1) is 15.7. The summed E-state index contributed by atoms with van der Waals surface area (Å²) in [6, 6.07) is 15.4. The van der Waals surface area contributed by atoms with Crippen LogP contribution < -0.4 is 10.6 Å². The summed E-state index contributed by atoms with van der Waals surface area (Å²) in [4.78, 5) is 20.6. The number of anilines is 3. The molecule has 0 aliphatic carbocycles. The molecular formula is C19H18N4O. The molecule has 0 saturated heterocycles. The van der Waals surface area contributed by atoms with E-state index in [1.54, 1.807) is 6.20 Å². The summed E-state index contributed by atoms with van der Waals surface area (Å²) in [5.74, 6) is 0.312. The number of carbonyl (C=O) groups is 1. The number of carbonyl (C=O) groups excluding carboxylic acids is 1. The first-order valence-corrected chi connectivity index (χ1v) is 7.64. The minimum atomic E-state index is -0.285. The number of rotatable bonds is 4. The molecule has 2 aromatic carbocycles. The maximum atomic E-state index is 12.1. The number of amides is 1. The number of aryl methyl sites for hydroxylation is 2. The Balaban J connectivity index is 1.71. The largest absolute Gasteiger partial charge is 0.339 e. The Bertz CT molecular complexity index is 845. The fourth-order valence-corrected chi connectivity index (χ4v) is 2.23. The summed E-state index contributed by atoms with van der Waals surface area (Å²) in [6.07, 6.45) is 3.02. The highest BCUT2D eigenvalue weighted by molar-refractivity contribution is 6.02. The van der Waals surface area contributed by atoms with E-state index in [1.807, 2.05) is 56.3 Å². The number of para-hydroxylation sites is 1. The van der Waals surface area contributed by atoms with Crippen LogP contribution in [0, 0.1) is 13.8 Å². The molecule has 1 heterocycles. The molecule has 3 rings (SSSR count). The molecule has 1 aromatic heterocycles. The van der Waals surface area contributed by atoms with Gasteiger partial charge in [-0.3, -0.25) is 4.79 Å². The quantitative estimate of drug-likeness (QED) is 0.760. The molecule has 0 atom stereocenters. The van der Waals surface area contributed by atoms with Crippen LogP contribution in [0.4, 0.5) is 17.2 Å². The lowest BCUT2D eigenvalue weighted by Gasteiger charge is -2.10. The Hall–Kier alpha value is -3.21. The highest BCUT2D eigenvalue weighted by Crippen LogP contribution is 2.20. The molecule has 24 heavy (non-hydrogen) atoms. The Morgan fingerprint density at radius 1 is 0.958 bits per heavy atom. The zero-order valence-corrected chi connectivity index (χ0v) is 13.6. The van der Waals surface area contributed by atoms with Gasteiger partial charge in [0.2, 0.25) is 0 Å². The lowest BCUT2D eigenvalue weighted by molar-refractivity contribution is 0.102. The van der Waals surface area contributed by atoms with E-state index in [1.165, 1.54) is 6.20 Å². The SMILES string of the molecule is Cc1ccc(C)c(Nc2cnc(C(=O)Nc3ccccc3)cn2)c1. The Kier molecular flexibility index (Phi) is 4.52. The molecule has 3 aromatic rings. The molecule has 1 amide bonds. The van der Waals surface area contributed by atoms with E-state index in [0.29, 0.717) is 5.82 Å². The van der Waals surface area contributed by atoms with E-state index in [2.05, 4.69) is 26.7 Å². The van der Waals surface area contributed by atoms with Crippen molar-refractivity contribution in [2.75, 3.05) is 10.6 Å². The zero-order chi connectivity index (χ0) is 16.9. The van der Waals surface area contributed by atoms with Crippen molar-refractivity contribution in [1.29, 1.82) is 0 Å². The van der Waals surface area contributed by atoms with E-state index in [9.17, 15) is 4.79 Å². The van der Waals surface area contributed by atoms with Crippen LogP contribution in [0.25, 0.3) is 0 Å². The molecule has 2 N–H and O–H groups in total. The summed E-state index contributed by atoms with van der Waals surface area (Å²) in [6.45, 7) is 4.06.